The molecule has 2 rings (SSSR count). The maximum Gasteiger partial charge on any atom is 0.466 e. The topological polar surface area (TPSA) is 54.0 Å². The predicted molar refractivity (Wildman–Crippen MR) is 98.1 cm³/mol. The van der Waals surface area contributed by atoms with E-state index in [1.165, 1.54) is 0 Å². The molecule has 1 aliphatic heterocycles. The van der Waals surface area contributed by atoms with Gasteiger partial charge in [0.15, 0.2) is 0 Å². The highest BCUT2D eigenvalue weighted by Crippen LogP contribution is 2.45. The molecule has 0 amide bonds. The first-order chi connectivity index (χ1) is 11.6. The van der Waals surface area contributed by atoms with Crippen LogP contribution in [0.1, 0.15) is 52.4 Å². The maximum absolute atomic E-state index is 12.2. The van der Waals surface area contributed by atoms with Crippen molar-refractivity contribution in [2.45, 2.75) is 58.1 Å². The first kappa shape index (κ1) is 20.1. The fourth-order valence-corrected chi connectivity index (χ4v) is 3.15. The van der Waals surface area contributed by atoms with Gasteiger partial charge in [-0.25, -0.2) is 0 Å². The third-order valence-corrected chi connectivity index (χ3v) is 5.23. The van der Waals surface area contributed by atoms with Crippen molar-refractivity contribution in [3.05, 3.63) is 28.8 Å². The summed E-state index contributed by atoms with van der Waals surface area (Å²) in [6, 6.07) is 5.38. The van der Waals surface area contributed by atoms with Gasteiger partial charge in [0.1, 0.15) is 5.75 Å². The van der Waals surface area contributed by atoms with Crippen LogP contribution in [0.25, 0.3) is 0 Å². The first-order valence-electron chi connectivity index (χ1n) is 8.46. The average Bonchev–Trinajstić information content (AvgIpc) is 2.73. The Morgan fingerprint density at radius 3 is 2.36 bits per heavy atom. The lowest BCUT2D eigenvalue weighted by Gasteiger charge is -2.32. The van der Waals surface area contributed by atoms with Crippen LogP contribution in [-0.4, -0.2) is 38.0 Å². The standard InChI is InChI=1S/C18H26BClO5/c1-7-23-15(21)11-12(16-13(20)9-8-10-14(16)22-6)19-24-17(2,3)18(4,5)25-19/h8-10,12H,7,11H2,1-6H3. The van der Waals surface area contributed by atoms with E-state index in [-0.39, 0.29) is 12.4 Å². The van der Waals surface area contributed by atoms with Gasteiger partial charge in [-0.3, -0.25) is 4.79 Å². The summed E-state index contributed by atoms with van der Waals surface area (Å²) >= 11 is 6.44. The summed E-state index contributed by atoms with van der Waals surface area (Å²) in [7, 11) is 0.934. The minimum atomic E-state index is -0.636. The Labute approximate surface area is 155 Å². The molecule has 138 valence electrons. The molecule has 1 unspecified atom stereocenters. The normalized spacial score (nSPS) is 19.6. The molecular weight excluding hydrogens is 342 g/mol. The van der Waals surface area contributed by atoms with Crippen LogP contribution >= 0.6 is 11.6 Å². The quantitative estimate of drug-likeness (QED) is 0.561. The van der Waals surface area contributed by atoms with E-state index < -0.39 is 24.1 Å². The number of esters is 1. The molecule has 1 aromatic rings. The number of methoxy groups -OCH3 is 1. The Morgan fingerprint density at radius 1 is 1.24 bits per heavy atom. The second-order valence-corrected chi connectivity index (χ2v) is 7.50. The van der Waals surface area contributed by atoms with Crippen molar-refractivity contribution in [3.8, 4) is 5.75 Å². The molecule has 7 heteroatoms. The highest BCUT2D eigenvalue weighted by molar-refractivity contribution is 6.48. The second-order valence-electron chi connectivity index (χ2n) is 7.10. The van der Waals surface area contributed by atoms with Crippen molar-refractivity contribution in [3.63, 3.8) is 0 Å². The molecule has 1 fully saturated rings. The van der Waals surface area contributed by atoms with Gasteiger partial charge < -0.3 is 18.8 Å². The lowest BCUT2D eigenvalue weighted by atomic mass is 9.66. The Bertz CT molecular complexity index is 616. The number of hydrogen-bond acceptors (Lipinski definition) is 5. The molecule has 1 atom stereocenters. The van der Waals surface area contributed by atoms with E-state index in [1.807, 2.05) is 33.8 Å². The Morgan fingerprint density at radius 2 is 1.84 bits per heavy atom. The average molecular weight is 369 g/mol. The van der Waals surface area contributed by atoms with Crippen LogP contribution in [-0.2, 0) is 18.8 Å². The SMILES string of the molecule is CCOC(=O)CC(B1OC(C)(C)C(C)(C)O1)c1c(Cl)cccc1OC. The van der Waals surface area contributed by atoms with Gasteiger partial charge in [0.2, 0.25) is 0 Å². The molecule has 0 N–H and O–H groups in total. The van der Waals surface area contributed by atoms with Gasteiger partial charge in [-0.15, -0.1) is 0 Å². The number of hydrogen-bond donors (Lipinski definition) is 0. The Hall–Kier alpha value is -1.24. The predicted octanol–water partition coefficient (Wildman–Crippen LogP) is 4.02. The van der Waals surface area contributed by atoms with Gasteiger partial charge >= 0.3 is 13.1 Å². The van der Waals surface area contributed by atoms with Crippen LogP contribution in [0.5, 0.6) is 5.75 Å². The summed E-state index contributed by atoms with van der Waals surface area (Å²) in [5.74, 6) is -0.176. The Kier molecular flexibility index (Phi) is 6.07. The summed E-state index contributed by atoms with van der Waals surface area (Å²) in [5.41, 5.74) is -0.337. The van der Waals surface area contributed by atoms with Crippen molar-refractivity contribution in [1.29, 1.82) is 0 Å². The molecule has 0 aliphatic carbocycles. The maximum atomic E-state index is 12.2. The van der Waals surface area contributed by atoms with Crippen LogP contribution in [0, 0.1) is 0 Å². The van der Waals surface area contributed by atoms with Crippen molar-refractivity contribution < 1.29 is 23.6 Å². The minimum Gasteiger partial charge on any atom is -0.496 e. The number of rotatable bonds is 6. The van der Waals surface area contributed by atoms with E-state index in [0.717, 1.165) is 0 Å². The lowest BCUT2D eigenvalue weighted by molar-refractivity contribution is -0.143. The fraction of sp³-hybridized carbons (Fsp3) is 0.611. The molecule has 0 bridgehead atoms. The largest absolute Gasteiger partial charge is 0.496 e. The molecule has 0 saturated carbocycles. The molecule has 1 aromatic carbocycles. The van der Waals surface area contributed by atoms with Crippen molar-refractivity contribution in [2.24, 2.45) is 0 Å². The summed E-state index contributed by atoms with van der Waals surface area (Å²) in [6.07, 6.45) is 0.0881. The summed E-state index contributed by atoms with van der Waals surface area (Å²) in [5, 5.41) is 0.503. The third kappa shape index (κ3) is 4.13. The summed E-state index contributed by atoms with van der Waals surface area (Å²) in [6.45, 7) is 9.97. The van der Waals surface area contributed by atoms with E-state index in [2.05, 4.69) is 0 Å². The van der Waals surface area contributed by atoms with Gasteiger partial charge in [-0.05, 0) is 46.8 Å². The molecule has 1 aliphatic rings. The van der Waals surface area contributed by atoms with Gasteiger partial charge in [-0.2, -0.15) is 0 Å². The molecular formula is C18H26BClO5. The Balaban J connectivity index is 2.44. The fourth-order valence-electron chi connectivity index (χ4n) is 2.84. The van der Waals surface area contributed by atoms with Gasteiger partial charge in [0.05, 0.1) is 31.3 Å². The van der Waals surface area contributed by atoms with Crippen LogP contribution in [0.4, 0.5) is 0 Å². The zero-order chi connectivity index (χ0) is 18.8. The van der Waals surface area contributed by atoms with E-state index in [4.69, 9.17) is 30.4 Å². The van der Waals surface area contributed by atoms with E-state index >= 15 is 0 Å². The van der Waals surface area contributed by atoms with Crippen LogP contribution in [0.2, 0.25) is 5.02 Å². The monoisotopic (exact) mass is 368 g/mol. The van der Waals surface area contributed by atoms with Gasteiger partial charge in [0, 0.05) is 16.4 Å². The molecule has 0 aromatic heterocycles. The van der Waals surface area contributed by atoms with Crippen molar-refractivity contribution in [2.75, 3.05) is 13.7 Å². The van der Waals surface area contributed by atoms with Crippen LogP contribution in [0.3, 0.4) is 0 Å². The number of carbonyl (C=O) groups is 1. The molecule has 0 radical (unpaired) electrons. The van der Waals surface area contributed by atoms with E-state index in [1.54, 1.807) is 26.2 Å². The smallest absolute Gasteiger partial charge is 0.466 e. The zero-order valence-corrected chi connectivity index (χ0v) is 16.5. The van der Waals surface area contributed by atoms with E-state index in [9.17, 15) is 4.79 Å². The van der Waals surface area contributed by atoms with Crippen molar-refractivity contribution in [1.82, 2.24) is 0 Å². The molecule has 1 saturated heterocycles. The number of benzene rings is 1. The molecule has 1 heterocycles. The van der Waals surface area contributed by atoms with Crippen LogP contribution in [0.15, 0.2) is 18.2 Å². The van der Waals surface area contributed by atoms with Gasteiger partial charge in [-0.1, -0.05) is 17.7 Å². The summed E-state index contributed by atoms with van der Waals surface area (Å²) in [4.78, 5) is 12.2. The lowest BCUT2D eigenvalue weighted by Crippen LogP contribution is -2.41. The van der Waals surface area contributed by atoms with Crippen LogP contribution < -0.4 is 4.74 Å². The van der Waals surface area contributed by atoms with Gasteiger partial charge in [0.25, 0.3) is 0 Å². The third-order valence-electron chi connectivity index (χ3n) is 4.90. The molecule has 5 nitrogen and oxygen atoms in total. The highest BCUT2D eigenvalue weighted by atomic mass is 35.5. The van der Waals surface area contributed by atoms with Crippen molar-refractivity contribution >= 4 is 24.7 Å². The summed E-state index contributed by atoms with van der Waals surface area (Å²) < 4.78 is 22.9. The number of carbonyl (C=O) groups excluding carboxylic acids is 1. The highest BCUT2D eigenvalue weighted by Gasteiger charge is 2.55. The van der Waals surface area contributed by atoms with E-state index in [0.29, 0.717) is 22.9 Å². The number of halogens is 1. The molecule has 25 heavy (non-hydrogen) atoms. The number of ether oxygens (including phenoxy) is 2. The molecule has 0 spiro atoms. The minimum absolute atomic E-state index is 0.0881. The zero-order valence-electron chi connectivity index (χ0n) is 15.7. The second kappa shape index (κ2) is 7.56. The first-order valence-corrected chi connectivity index (χ1v) is 8.84.